The molecule has 0 aliphatic carbocycles. The van der Waals surface area contributed by atoms with Crippen LogP contribution in [0, 0.1) is 0 Å². The molecule has 1 aromatic carbocycles. The van der Waals surface area contributed by atoms with E-state index in [0.29, 0.717) is 0 Å². The lowest BCUT2D eigenvalue weighted by Gasteiger charge is -2.28. The number of nitrogens with zero attached hydrogens (tertiary/aromatic N) is 1. The summed E-state index contributed by atoms with van der Waals surface area (Å²) in [7, 11) is 4.83. The van der Waals surface area contributed by atoms with Crippen LogP contribution >= 0.6 is 0 Å². The molecule has 0 aliphatic heterocycles. The zero-order valence-electron chi connectivity index (χ0n) is 10.8. The van der Waals surface area contributed by atoms with Gasteiger partial charge in [0.1, 0.15) is 5.75 Å². The Labute approximate surface area is 106 Å². The van der Waals surface area contributed by atoms with Crippen molar-refractivity contribution in [3.05, 3.63) is 30.0 Å². The highest BCUT2D eigenvalue weighted by molar-refractivity contribution is 5.89. The number of methoxy groups -OCH3 is 1. The highest BCUT2D eigenvalue weighted by Crippen LogP contribution is 2.30. The summed E-state index contributed by atoms with van der Waals surface area (Å²) in [5.74, 6) is -1.16. The minimum absolute atomic E-state index is 0.0976. The van der Waals surface area contributed by atoms with Crippen LogP contribution in [0.2, 0.25) is 0 Å². The van der Waals surface area contributed by atoms with Gasteiger partial charge < -0.3 is 19.9 Å². The van der Waals surface area contributed by atoms with Gasteiger partial charge in [0.2, 0.25) is 5.91 Å². The van der Waals surface area contributed by atoms with Crippen molar-refractivity contribution >= 4 is 10.9 Å². The van der Waals surface area contributed by atoms with Gasteiger partial charge in [0, 0.05) is 23.5 Å². The summed E-state index contributed by atoms with van der Waals surface area (Å²) >= 11 is 0. The predicted octanol–water partition coefficient (Wildman–Crippen LogP) is 0.919. The Morgan fingerprint density at radius 2 is 2.06 bits per heavy atom. The van der Waals surface area contributed by atoms with Gasteiger partial charge in [-0.1, -0.05) is 6.07 Å². The first kappa shape index (κ1) is 12.9. The van der Waals surface area contributed by atoms with Crippen molar-refractivity contribution < 1.29 is 14.9 Å². The molecule has 18 heavy (non-hydrogen) atoms. The molecule has 2 aromatic rings. The largest absolute Gasteiger partial charge is 0.496 e. The number of aromatic amines is 1. The lowest BCUT2D eigenvalue weighted by atomic mass is 10.1. The fourth-order valence-electron chi connectivity index (χ4n) is 1.94. The molecule has 0 radical (unpaired) electrons. The summed E-state index contributed by atoms with van der Waals surface area (Å²) in [5, 5.41) is 20.7. The van der Waals surface area contributed by atoms with Gasteiger partial charge in [0.05, 0.1) is 7.11 Å². The molecular formula is C13H18N2O3. The van der Waals surface area contributed by atoms with Crippen LogP contribution in [-0.4, -0.2) is 47.2 Å². The van der Waals surface area contributed by atoms with Crippen LogP contribution in [0.15, 0.2) is 24.4 Å². The maximum Gasteiger partial charge on any atom is 0.228 e. The Morgan fingerprint density at radius 3 is 2.67 bits per heavy atom. The van der Waals surface area contributed by atoms with Crippen molar-refractivity contribution in [1.82, 2.24) is 9.88 Å². The SMILES string of the molecule is COc1cccc2[nH]cc(CC(O)(O)N(C)C)c12. The first-order valence-electron chi connectivity index (χ1n) is 5.71. The third kappa shape index (κ3) is 2.20. The number of likely N-dealkylation sites (N-methyl/N-ethyl adjacent to an activating group) is 1. The fourth-order valence-corrected chi connectivity index (χ4v) is 1.94. The van der Waals surface area contributed by atoms with E-state index in [-0.39, 0.29) is 6.42 Å². The minimum atomic E-state index is -1.88. The fraction of sp³-hybridized carbons (Fsp3) is 0.385. The average molecular weight is 250 g/mol. The number of benzene rings is 1. The monoisotopic (exact) mass is 250 g/mol. The molecular weight excluding hydrogens is 232 g/mol. The number of rotatable bonds is 4. The molecule has 0 fully saturated rings. The number of aliphatic hydroxyl groups is 2. The summed E-state index contributed by atoms with van der Waals surface area (Å²) in [6.45, 7) is 0. The van der Waals surface area contributed by atoms with Gasteiger partial charge in [0.15, 0.2) is 0 Å². The van der Waals surface area contributed by atoms with Gasteiger partial charge in [-0.05, 0) is 31.8 Å². The highest BCUT2D eigenvalue weighted by atomic mass is 16.5. The average Bonchev–Trinajstić information content (AvgIpc) is 2.71. The molecule has 0 spiro atoms. The molecule has 0 bridgehead atoms. The number of nitrogens with one attached hydrogen (secondary N) is 1. The molecule has 98 valence electrons. The van der Waals surface area contributed by atoms with E-state index in [9.17, 15) is 10.2 Å². The van der Waals surface area contributed by atoms with Crippen molar-refractivity contribution in [3.8, 4) is 5.75 Å². The van der Waals surface area contributed by atoms with Gasteiger partial charge in [-0.2, -0.15) is 0 Å². The van der Waals surface area contributed by atoms with Crippen LogP contribution < -0.4 is 4.74 Å². The number of H-pyrrole nitrogens is 1. The third-order valence-electron chi connectivity index (χ3n) is 3.11. The van der Waals surface area contributed by atoms with E-state index < -0.39 is 5.91 Å². The van der Waals surface area contributed by atoms with Crippen LogP contribution in [0.3, 0.4) is 0 Å². The van der Waals surface area contributed by atoms with E-state index in [1.165, 1.54) is 4.90 Å². The summed E-state index contributed by atoms with van der Waals surface area (Å²) in [6, 6.07) is 5.66. The zero-order valence-corrected chi connectivity index (χ0v) is 10.8. The molecule has 0 amide bonds. The Morgan fingerprint density at radius 1 is 1.33 bits per heavy atom. The summed E-state index contributed by atoms with van der Waals surface area (Å²) in [4.78, 5) is 4.47. The van der Waals surface area contributed by atoms with E-state index >= 15 is 0 Å². The van der Waals surface area contributed by atoms with Crippen molar-refractivity contribution in [1.29, 1.82) is 0 Å². The normalized spacial score (nSPS) is 12.3. The second-order valence-corrected chi connectivity index (χ2v) is 4.54. The van der Waals surface area contributed by atoms with Crippen LogP contribution in [0.4, 0.5) is 0 Å². The molecule has 2 rings (SSSR count). The van der Waals surface area contributed by atoms with Crippen LogP contribution in [0.5, 0.6) is 5.75 Å². The molecule has 1 heterocycles. The molecule has 1 aromatic heterocycles. The first-order chi connectivity index (χ1) is 8.45. The van der Waals surface area contributed by atoms with E-state index in [2.05, 4.69) is 4.98 Å². The van der Waals surface area contributed by atoms with Gasteiger partial charge in [0.25, 0.3) is 0 Å². The molecule has 0 saturated carbocycles. The number of ether oxygens (including phenoxy) is 1. The van der Waals surface area contributed by atoms with E-state index in [0.717, 1.165) is 22.2 Å². The van der Waals surface area contributed by atoms with Gasteiger partial charge >= 0.3 is 0 Å². The molecule has 0 unspecified atom stereocenters. The highest BCUT2D eigenvalue weighted by Gasteiger charge is 2.28. The second kappa shape index (κ2) is 4.61. The quantitative estimate of drug-likeness (QED) is 0.706. The predicted molar refractivity (Wildman–Crippen MR) is 69.4 cm³/mol. The second-order valence-electron chi connectivity index (χ2n) is 4.54. The smallest absolute Gasteiger partial charge is 0.228 e. The number of hydrogen-bond donors (Lipinski definition) is 3. The Hall–Kier alpha value is -1.56. The molecule has 0 aliphatic rings. The summed E-state index contributed by atoms with van der Waals surface area (Å²) in [6.07, 6.45) is 1.87. The lowest BCUT2D eigenvalue weighted by molar-refractivity contribution is -0.247. The zero-order chi connectivity index (χ0) is 13.3. The van der Waals surface area contributed by atoms with Crippen LogP contribution in [0.25, 0.3) is 10.9 Å². The van der Waals surface area contributed by atoms with Crippen molar-refractivity contribution in [2.45, 2.75) is 12.3 Å². The number of aromatic nitrogens is 1. The standard InChI is InChI=1S/C13H18N2O3/c1-15(2)13(16,17)7-9-8-14-10-5-4-6-11(18-3)12(9)10/h4-6,8,14,16-17H,7H2,1-3H3. The minimum Gasteiger partial charge on any atom is -0.496 e. The summed E-state index contributed by atoms with van der Waals surface area (Å²) in [5.41, 5.74) is 1.72. The van der Waals surface area contributed by atoms with Crippen LogP contribution in [0.1, 0.15) is 5.56 Å². The van der Waals surface area contributed by atoms with E-state index in [1.807, 2.05) is 18.2 Å². The number of fused-ring (bicyclic) bond motifs is 1. The number of hydrogen-bond acceptors (Lipinski definition) is 4. The van der Waals surface area contributed by atoms with Crippen molar-refractivity contribution in [3.63, 3.8) is 0 Å². The maximum atomic E-state index is 9.91. The van der Waals surface area contributed by atoms with Gasteiger partial charge in [-0.15, -0.1) is 0 Å². The molecule has 0 atom stereocenters. The van der Waals surface area contributed by atoms with Gasteiger partial charge in [-0.25, -0.2) is 0 Å². The summed E-state index contributed by atoms with van der Waals surface area (Å²) < 4.78 is 5.30. The van der Waals surface area contributed by atoms with Gasteiger partial charge in [-0.3, -0.25) is 4.90 Å². The van der Waals surface area contributed by atoms with E-state index in [4.69, 9.17) is 4.74 Å². The maximum absolute atomic E-state index is 9.91. The molecule has 5 nitrogen and oxygen atoms in total. The Balaban J connectivity index is 2.46. The third-order valence-corrected chi connectivity index (χ3v) is 3.11. The Bertz CT molecular complexity index is 546. The van der Waals surface area contributed by atoms with Crippen molar-refractivity contribution in [2.75, 3.05) is 21.2 Å². The molecule has 0 saturated heterocycles. The van der Waals surface area contributed by atoms with Crippen molar-refractivity contribution in [2.24, 2.45) is 0 Å². The topological polar surface area (TPSA) is 68.7 Å². The first-order valence-corrected chi connectivity index (χ1v) is 5.71. The van der Waals surface area contributed by atoms with Crippen LogP contribution in [-0.2, 0) is 6.42 Å². The Kier molecular flexibility index (Phi) is 3.30. The lowest BCUT2D eigenvalue weighted by Crippen LogP contribution is -2.45. The molecule has 5 heteroatoms. The van der Waals surface area contributed by atoms with E-state index in [1.54, 1.807) is 27.4 Å². The molecule has 3 N–H and O–H groups in total.